The van der Waals surface area contributed by atoms with Crippen LogP contribution in [-0.2, 0) is 22.4 Å². The Kier molecular flexibility index (Phi) is 6.53. The number of fused-ring (bicyclic) bond motifs is 3. The van der Waals surface area contributed by atoms with Crippen molar-refractivity contribution in [1.29, 1.82) is 0 Å². The zero-order valence-electron chi connectivity index (χ0n) is 18.3. The third kappa shape index (κ3) is 4.40. The lowest BCUT2D eigenvalue weighted by Crippen LogP contribution is -2.17. The number of carbonyl (C=O) groups excluding carboxylic acids is 2. The number of nitrogens with zero attached hydrogens (tertiary/aromatic N) is 1. The van der Waals surface area contributed by atoms with Crippen LogP contribution in [0.4, 0.5) is 5.00 Å². The summed E-state index contributed by atoms with van der Waals surface area (Å²) in [7, 11) is 1.32. The number of amides is 1. The number of thiophene rings is 2. The van der Waals surface area contributed by atoms with Gasteiger partial charge in [0.25, 0.3) is 5.56 Å². The molecule has 0 spiro atoms. The number of anilines is 1. The summed E-state index contributed by atoms with van der Waals surface area (Å²) in [6, 6.07) is 9.47. The Morgan fingerprint density at radius 1 is 1.21 bits per heavy atom. The molecule has 3 aromatic heterocycles. The van der Waals surface area contributed by atoms with Crippen LogP contribution in [0.5, 0.6) is 0 Å². The molecule has 0 saturated heterocycles. The number of hydrogen-bond donors (Lipinski definition) is 2. The number of nitrogens with one attached hydrogen (secondary N) is 2. The maximum absolute atomic E-state index is 12.7. The number of carbonyl (C=O) groups is 2. The molecular formula is C24H21N3O4S3. The van der Waals surface area contributed by atoms with Crippen LogP contribution >= 0.6 is 34.4 Å². The molecule has 174 valence electrons. The quantitative estimate of drug-likeness (QED) is 0.212. The molecule has 1 amide bonds. The SMILES string of the molecule is COC(=O)c1c(-c2ccccc2)csc1NC(=O)CSc1nc2sc3c(c2c(=O)[nH]1)CCCC3. The van der Waals surface area contributed by atoms with Gasteiger partial charge in [0.2, 0.25) is 5.91 Å². The van der Waals surface area contributed by atoms with Gasteiger partial charge in [-0.25, -0.2) is 9.78 Å². The number of benzene rings is 1. The first kappa shape index (κ1) is 22.8. The third-order valence-electron chi connectivity index (χ3n) is 5.66. The molecule has 1 aliphatic carbocycles. The van der Waals surface area contributed by atoms with Crippen molar-refractivity contribution in [3.05, 3.63) is 62.1 Å². The number of methoxy groups -OCH3 is 1. The first-order valence-corrected chi connectivity index (χ1v) is 13.5. The summed E-state index contributed by atoms with van der Waals surface area (Å²) in [5.74, 6) is -0.773. The average Bonchev–Trinajstić information content (AvgIpc) is 3.44. The fraction of sp³-hybridized carbons (Fsp3) is 0.250. The van der Waals surface area contributed by atoms with E-state index in [9.17, 15) is 14.4 Å². The third-order valence-corrected chi connectivity index (χ3v) is 8.62. The minimum Gasteiger partial charge on any atom is -0.465 e. The molecule has 34 heavy (non-hydrogen) atoms. The smallest absolute Gasteiger partial charge is 0.341 e. The van der Waals surface area contributed by atoms with Crippen LogP contribution in [0.1, 0.15) is 33.6 Å². The fourth-order valence-electron chi connectivity index (χ4n) is 4.09. The van der Waals surface area contributed by atoms with Gasteiger partial charge < -0.3 is 15.0 Å². The van der Waals surface area contributed by atoms with Crippen LogP contribution in [0, 0.1) is 0 Å². The Bertz CT molecular complexity index is 1440. The highest BCUT2D eigenvalue weighted by Crippen LogP contribution is 2.37. The van der Waals surface area contributed by atoms with Crippen LogP contribution in [0.3, 0.4) is 0 Å². The van der Waals surface area contributed by atoms with Crippen molar-refractivity contribution in [2.24, 2.45) is 0 Å². The topological polar surface area (TPSA) is 101 Å². The second kappa shape index (κ2) is 9.73. The monoisotopic (exact) mass is 511 g/mol. The number of H-pyrrole nitrogens is 1. The van der Waals surface area contributed by atoms with E-state index in [0.717, 1.165) is 53.4 Å². The zero-order chi connectivity index (χ0) is 23.7. The molecule has 0 fully saturated rings. The van der Waals surface area contributed by atoms with E-state index in [0.29, 0.717) is 26.7 Å². The standard InChI is InChI=1S/C24H21N3O4S3/c1-31-23(30)19-15(13-7-3-2-4-8-13)11-32-21(19)25-17(28)12-33-24-26-20(29)18-14-9-5-6-10-16(14)34-22(18)27-24/h2-4,7-8,11H,5-6,9-10,12H2,1H3,(H,25,28)(H,26,27,29). The van der Waals surface area contributed by atoms with Gasteiger partial charge in [0.05, 0.1) is 18.2 Å². The fourth-order valence-corrected chi connectivity index (χ4v) is 7.05. The summed E-state index contributed by atoms with van der Waals surface area (Å²) in [6.07, 6.45) is 4.15. The molecule has 2 N–H and O–H groups in total. The Morgan fingerprint density at radius 2 is 2.00 bits per heavy atom. The van der Waals surface area contributed by atoms with Crippen LogP contribution in [0.2, 0.25) is 0 Å². The second-order valence-corrected chi connectivity index (χ2v) is 10.7. The van der Waals surface area contributed by atoms with E-state index in [1.165, 1.54) is 23.3 Å². The number of aromatic nitrogens is 2. The Labute approximate surface area is 207 Å². The molecule has 4 aromatic rings. The maximum atomic E-state index is 12.7. The Hall–Kier alpha value is -2.95. The largest absolute Gasteiger partial charge is 0.465 e. The Morgan fingerprint density at radius 3 is 2.79 bits per heavy atom. The lowest BCUT2D eigenvalue weighted by Gasteiger charge is -2.09. The number of hydrogen-bond acceptors (Lipinski definition) is 8. The highest BCUT2D eigenvalue weighted by Gasteiger charge is 2.23. The average molecular weight is 512 g/mol. The van der Waals surface area contributed by atoms with Crippen LogP contribution in [-0.4, -0.2) is 34.7 Å². The minimum absolute atomic E-state index is 0.0404. The van der Waals surface area contributed by atoms with Gasteiger partial charge in [0.15, 0.2) is 5.16 Å². The lowest BCUT2D eigenvalue weighted by atomic mass is 9.97. The molecular weight excluding hydrogens is 490 g/mol. The maximum Gasteiger partial charge on any atom is 0.341 e. The minimum atomic E-state index is -0.513. The van der Waals surface area contributed by atoms with E-state index in [1.54, 1.807) is 11.3 Å². The molecule has 3 heterocycles. The number of aryl methyl sites for hydroxylation is 2. The van der Waals surface area contributed by atoms with Crippen LogP contribution in [0.15, 0.2) is 45.7 Å². The molecule has 1 aromatic carbocycles. The van der Waals surface area contributed by atoms with Gasteiger partial charge in [-0.1, -0.05) is 42.1 Å². The van der Waals surface area contributed by atoms with Crippen molar-refractivity contribution in [1.82, 2.24) is 9.97 Å². The molecule has 5 rings (SSSR count). The van der Waals surface area contributed by atoms with E-state index in [4.69, 9.17) is 4.74 Å². The summed E-state index contributed by atoms with van der Waals surface area (Å²) in [4.78, 5) is 47.3. The van der Waals surface area contributed by atoms with Crippen molar-refractivity contribution in [2.75, 3.05) is 18.2 Å². The van der Waals surface area contributed by atoms with E-state index in [2.05, 4.69) is 15.3 Å². The summed E-state index contributed by atoms with van der Waals surface area (Å²) < 4.78 is 4.96. The molecule has 0 saturated carbocycles. The van der Waals surface area contributed by atoms with Gasteiger partial charge in [-0.15, -0.1) is 22.7 Å². The molecule has 0 atom stereocenters. The molecule has 1 aliphatic rings. The van der Waals surface area contributed by atoms with Crippen molar-refractivity contribution in [3.8, 4) is 11.1 Å². The van der Waals surface area contributed by atoms with Crippen molar-refractivity contribution >= 4 is 61.5 Å². The van der Waals surface area contributed by atoms with Gasteiger partial charge >= 0.3 is 5.97 Å². The van der Waals surface area contributed by atoms with Crippen molar-refractivity contribution < 1.29 is 14.3 Å². The molecule has 0 aliphatic heterocycles. The summed E-state index contributed by atoms with van der Waals surface area (Å²) in [5.41, 5.74) is 2.89. The number of ether oxygens (including phenoxy) is 1. The van der Waals surface area contributed by atoms with Crippen LogP contribution in [0.25, 0.3) is 21.3 Å². The Balaban J connectivity index is 1.33. The first-order valence-electron chi connectivity index (χ1n) is 10.8. The number of rotatable bonds is 6. The van der Waals surface area contributed by atoms with Gasteiger partial charge in [0.1, 0.15) is 15.4 Å². The predicted molar refractivity (Wildman–Crippen MR) is 137 cm³/mol. The molecule has 0 radical (unpaired) electrons. The van der Waals surface area contributed by atoms with Gasteiger partial charge in [-0.2, -0.15) is 0 Å². The molecule has 10 heteroatoms. The van der Waals surface area contributed by atoms with E-state index in [1.807, 2.05) is 35.7 Å². The number of esters is 1. The molecule has 0 bridgehead atoms. The predicted octanol–water partition coefficient (Wildman–Crippen LogP) is 5.11. The normalized spacial score (nSPS) is 13.0. The summed E-state index contributed by atoms with van der Waals surface area (Å²) in [6.45, 7) is 0. The van der Waals surface area contributed by atoms with Crippen molar-refractivity contribution in [3.63, 3.8) is 0 Å². The summed E-state index contributed by atoms with van der Waals surface area (Å²) >= 11 is 4.01. The molecule has 0 unspecified atom stereocenters. The van der Waals surface area contributed by atoms with E-state index in [-0.39, 0.29) is 17.2 Å². The van der Waals surface area contributed by atoms with Crippen molar-refractivity contribution in [2.45, 2.75) is 30.8 Å². The molecule has 7 nitrogen and oxygen atoms in total. The van der Waals surface area contributed by atoms with Gasteiger partial charge in [0, 0.05) is 15.8 Å². The van der Waals surface area contributed by atoms with E-state index < -0.39 is 5.97 Å². The highest BCUT2D eigenvalue weighted by atomic mass is 32.2. The van der Waals surface area contributed by atoms with Crippen LogP contribution < -0.4 is 10.9 Å². The lowest BCUT2D eigenvalue weighted by molar-refractivity contribution is -0.113. The number of aromatic amines is 1. The first-order chi connectivity index (χ1) is 16.5. The van der Waals surface area contributed by atoms with E-state index >= 15 is 0 Å². The highest BCUT2D eigenvalue weighted by molar-refractivity contribution is 7.99. The van der Waals surface area contributed by atoms with Gasteiger partial charge in [-0.05, 0) is 36.8 Å². The van der Waals surface area contributed by atoms with Gasteiger partial charge in [-0.3, -0.25) is 9.59 Å². The zero-order valence-corrected chi connectivity index (χ0v) is 20.8. The number of thioether (sulfide) groups is 1. The summed E-state index contributed by atoms with van der Waals surface area (Å²) in [5, 5.41) is 6.19. The second-order valence-electron chi connectivity index (χ2n) is 7.81.